The molecule has 1 aromatic carbocycles. The second kappa shape index (κ2) is 12.2. The van der Waals surface area contributed by atoms with Gasteiger partial charge in [-0.3, -0.25) is 9.20 Å². The van der Waals surface area contributed by atoms with Crippen LogP contribution in [0.25, 0.3) is 5.65 Å². The van der Waals surface area contributed by atoms with Gasteiger partial charge in [0, 0.05) is 49.6 Å². The number of benzene rings is 1. The molecule has 47 heavy (non-hydrogen) atoms. The average Bonchev–Trinajstić information content (AvgIpc) is 3.44. The lowest BCUT2D eigenvalue weighted by Gasteiger charge is -2.36. The number of fused-ring (bicyclic) bond motifs is 4. The molecule has 5 heterocycles. The first kappa shape index (κ1) is 32.9. The Kier molecular flexibility index (Phi) is 8.54. The van der Waals surface area contributed by atoms with Crippen LogP contribution in [0.3, 0.4) is 0 Å². The van der Waals surface area contributed by atoms with Gasteiger partial charge in [-0.25, -0.2) is 13.4 Å². The molecule has 250 valence electrons. The van der Waals surface area contributed by atoms with Crippen molar-refractivity contribution in [2.24, 2.45) is 5.92 Å². The number of alkyl halides is 3. The standard InChI is InChI=1S/C33H37F3N6O4S/c1-5-25-26(11-13-42-29(25)38-39-32(42)33(34,35)36)28(21(4)31(43)44)22-10-9-20(3)23(15-22)17-40-18-24-8-6-7-12-41(24)30-27(47(40,45)46)14-19(2)16-37-30/h9-11,13-16,21,24,28H,5-8,12,17-18H2,1-4H3,(H,43,44)/t21?,24-,28+/m1/s1. The van der Waals surface area contributed by atoms with E-state index in [1.807, 2.05) is 26.0 Å². The Morgan fingerprint density at radius 1 is 1.13 bits per heavy atom. The summed E-state index contributed by atoms with van der Waals surface area (Å²) in [6.45, 7) is 8.09. The molecule has 0 amide bonds. The van der Waals surface area contributed by atoms with Crippen molar-refractivity contribution in [2.75, 3.05) is 18.0 Å². The van der Waals surface area contributed by atoms with Gasteiger partial charge in [-0.15, -0.1) is 10.2 Å². The summed E-state index contributed by atoms with van der Waals surface area (Å²) < 4.78 is 71.8. The van der Waals surface area contributed by atoms with Gasteiger partial charge in [-0.1, -0.05) is 32.0 Å². The number of anilines is 1. The number of nitrogens with zero attached hydrogens (tertiary/aromatic N) is 6. The van der Waals surface area contributed by atoms with E-state index in [-0.39, 0.29) is 36.1 Å². The van der Waals surface area contributed by atoms with Gasteiger partial charge < -0.3 is 10.0 Å². The van der Waals surface area contributed by atoms with Crippen molar-refractivity contribution in [3.8, 4) is 0 Å². The van der Waals surface area contributed by atoms with Crippen LogP contribution in [0.5, 0.6) is 0 Å². The zero-order chi connectivity index (χ0) is 33.8. The molecule has 0 aliphatic carbocycles. The van der Waals surface area contributed by atoms with Crippen LogP contribution in [0, 0.1) is 19.8 Å². The number of sulfonamides is 1. The van der Waals surface area contributed by atoms with Gasteiger partial charge in [-0.05, 0) is 79.5 Å². The molecule has 0 radical (unpaired) electrons. The molecule has 1 fully saturated rings. The molecule has 2 aliphatic heterocycles. The molecule has 3 aromatic heterocycles. The smallest absolute Gasteiger partial charge is 0.452 e. The summed E-state index contributed by atoms with van der Waals surface area (Å²) in [5.74, 6) is -3.49. The number of hydrogen-bond donors (Lipinski definition) is 1. The minimum absolute atomic E-state index is 0.0162. The lowest BCUT2D eigenvalue weighted by Crippen LogP contribution is -2.45. The predicted molar refractivity (Wildman–Crippen MR) is 169 cm³/mol. The van der Waals surface area contributed by atoms with E-state index < -0.39 is 39.8 Å². The second-order valence-corrected chi connectivity index (χ2v) is 14.5. The number of halogens is 3. The van der Waals surface area contributed by atoms with Crippen molar-refractivity contribution in [1.29, 1.82) is 0 Å². The van der Waals surface area contributed by atoms with E-state index in [1.54, 1.807) is 32.2 Å². The van der Waals surface area contributed by atoms with E-state index in [0.29, 0.717) is 28.1 Å². The number of carboxylic acid groups (broad SMARTS) is 1. The van der Waals surface area contributed by atoms with E-state index in [1.165, 1.54) is 16.6 Å². The molecule has 6 rings (SSSR count). The van der Waals surface area contributed by atoms with E-state index in [2.05, 4.69) is 20.1 Å². The van der Waals surface area contributed by atoms with Gasteiger partial charge in [0.05, 0.1) is 5.92 Å². The van der Waals surface area contributed by atoms with Crippen molar-refractivity contribution < 1.29 is 31.5 Å². The highest BCUT2D eigenvalue weighted by molar-refractivity contribution is 7.89. The number of aromatic nitrogens is 4. The first-order valence-corrected chi connectivity index (χ1v) is 17.2. The molecule has 2 aliphatic rings. The lowest BCUT2D eigenvalue weighted by atomic mass is 9.79. The highest BCUT2D eigenvalue weighted by Crippen LogP contribution is 2.40. The Hall–Kier alpha value is -4.04. The van der Waals surface area contributed by atoms with Gasteiger partial charge in [0.1, 0.15) is 10.7 Å². The molecule has 0 saturated carbocycles. The van der Waals surface area contributed by atoms with Crippen LogP contribution in [-0.2, 0) is 34.0 Å². The number of carboxylic acids is 1. The van der Waals surface area contributed by atoms with E-state index in [4.69, 9.17) is 0 Å². The van der Waals surface area contributed by atoms with E-state index >= 15 is 0 Å². The van der Waals surface area contributed by atoms with Gasteiger partial charge >= 0.3 is 12.1 Å². The molecule has 1 N–H and O–H groups in total. The molecular formula is C33H37F3N6O4S. The van der Waals surface area contributed by atoms with Crippen molar-refractivity contribution in [2.45, 2.75) is 83.0 Å². The zero-order valence-electron chi connectivity index (χ0n) is 26.6. The number of pyridine rings is 2. The fourth-order valence-corrected chi connectivity index (χ4v) is 8.72. The summed E-state index contributed by atoms with van der Waals surface area (Å²) in [7, 11) is -3.95. The lowest BCUT2D eigenvalue weighted by molar-refractivity contribution is -0.145. The van der Waals surface area contributed by atoms with Crippen LogP contribution in [0.15, 0.2) is 47.6 Å². The average molecular weight is 671 g/mol. The van der Waals surface area contributed by atoms with Gasteiger partial charge in [0.25, 0.3) is 0 Å². The Bertz CT molecular complexity index is 1960. The number of hydrogen-bond acceptors (Lipinski definition) is 7. The van der Waals surface area contributed by atoms with Gasteiger partial charge in [0.15, 0.2) is 5.65 Å². The monoisotopic (exact) mass is 670 g/mol. The fourth-order valence-electron chi connectivity index (χ4n) is 7.03. The first-order chi connectivity index (χ1) is 22.2. The Morgan fingerprint density at radius 3 is 2.60 bits per heavy atom. The third-order valence-electron chi connectivity index (χ3n) is 9.53. The maximum atomic E-state index is 14.2. The molecular weight excluding hydrogens is 633 g/mol. The summed E-state index contributed by atoms with van der Waals surface area (Å²) in [5, 5.41) is 17.4. The number of rotatable bonds is 7. The van der Waals surface area contributed by atoms with Crippen molar-refractivity contribution in [3.63, 3.8) is 0 Å². The molecule has 0 bridgehead atoms. The zero-order valence-corrected chi connectivity index (χ0v) is 27.4. The summed E-state index contributed by atoms with van der Waals surface area (Å²) in [6.07, 6.45) is 1.26. The van der Waals surface area contributed by atoms with E-state index in [9.17, 15) is 31.5 Å². The fraction of sp³-hybridized carbons (Fsp3) is 0.455. The largest absolute Gasteiger partial charge is 0.481 e. The molecule has 1 unspecified atom stereocenters. The first-order valence-electron chi connectivity index (χ1n) is 15.7. The van der Waals surface area contributed by atoms with Crippen LogP contribution in [0.2, 0.25) is 0 Å². The van der Waals surface area contributed by atoms with Crippen molar-refractivity contribution in [1.82, 2.24) is 23.9 Å². The van der Waals surface area contributed by atoms with Crippen LogP contribution in [0.1, 0.15) is 78.2 Å². The summed E-state index contributed by atoms with van der Waals surface area (Å²) in [5.41, 5.74) is 3.90. The number of carbonyl (C=O) groups is 1. The number of aliphatic carboxylic acids is 1. The molecule has 3 atom stereocenters. The molecule has 4 aromatic rings. The molecule has 10 nitrogen and oxygen atoms in total. The summed E-state index contributed by atoms with van der Waals surface area (Å²) in [4.78, 5) is 19.3. The van der Waals surface area contributed by atoms with Crippen LogP contribution >= 0.6 is 0 Å². The third-order valence-corrected chi connectivity index (χ3v) is 11.3. The molecule has 1 saturated heterocycles. The predicted octanol–water partition coefficient (Wildman–Crippen LogP) is 5.74. The maximum absolute atomic E-state index is 14.2. The second-order valence-electron chi connectivity index (χ2n) is 12.6. The highest BCUT2D eigenvalue weighted by atomic mass is 32.2. The van der Waals surface area contributed by atoms with E-state index in [0.717, 1.165) is 41.3 Å². The van der Waals surface area contributed by atoms with Crippen LogP contribution < -0.4 is 4.90 Å². The number of piperidine rings is 1. The summed E-state index contributed by atoms with van der Waals surface area (Å²) in [6, 6.07) is 8.63. The molecule has 14 heteroatoms. The SMILES string of the molecule is CCc1c([C@H](c2ccc(C)c(CN3C[C@H]4CCCCN4c4ncc(C)cc4S3(=O)=O)c2)C(C)C(=O)O)ccn2c(C(F)(F)F)nnc12. The number of aryl methyl sites for hydroxylation is 3. The Labute approximate surface area is 271 Å². The normalized spacial score (nSPS) is 19.6. The van der Waals surface area contributed by atoms with Gasteiger partial charge in [-0.2, -0.15) is 17.5 Å². The summed E-state index contributed by atoms with van der Waals surface area (Å²) >= 11 is 0. The minimum Gasteiger partial charge on any atom is -0.481 e. The minimum atomic E-state index is -4.72. The third kappa shape index (κ3) is 5.86. The van der Waals surface area contributed by atoms with Gasteiger partial charge in [0.2, 0.25) is 15.8 Å². The van der Waals surface area contributed by atoms with Crippen LogP contribution in [-0.4, -0.2) is 62.5 Å². The Balaban J connectivity index is 1.45. The quantitative estimate of drug-likeness (QED) is 0.265. The topological polar surface area (TPSA) is 121 Å². The highest BCUT2D eigenvalue weighted by Gasteiger charge is 2.40. The van der Waals surface area contributed by atoms with Crippen molar-refractivity contribution in [3.05, 3.63) is 81.9 Å². The van der Waals surface area contributed by atoms with Crippen LogP contribution in [0.4, 0.5) is 19.0 Å². The molecule has 0 spiro atoms. The Morgan fingerprint density at radius 2 is 1.89 bits per heavy atom. The van der Waals surface area contributed by atoms with Crippen molar-refractivity contribution >= 4 is 27.5 Å². The maximum Gasteiger partial charge on any atom is 0.452 e.